The fraction of sp³-hybridized carbons (Fsp3) is 0.426. The number of nitrogens with two attached hydrogens (primary N) is 1. The summed E-state index contributed by atoms with van der Waals surface area (Å²) >= 11 is 0. The maximum atomic E-state index is 13.1. The van der Waals surface area contributed by atoms with Gasteiger partial charge in [-0.1, -0.05) is 85.3 Å². The summed E-state index contributed by atoms with van der Waals surface area (Å²) in [5, 5.41) is 15.5. The second-order valence-electron chi connectivity index (χ2n) is 16.3. The number of esters is 1. The molecule has 0 radical (unpaired) electrons. The number of hydrogen-bond donors (Lipinski definition) is 4. The Labute approximate surface area is 342 Å². The van der Waals surface area contributed by atoms with Crippen LogP contribution in [0.15, 0.2) is 97.1 Å². The first-order valence-corrected chi connectivity index (χ1v) is 20.5. The zero-order valence-electron chi connectivity index (χ0n) is 34.0. The summed E-state index contributed by atoms with van der Waals surface area (Å²) in [4.78, 5) is 40.2. The summed E-state index contributed by atoms with van der Waals surface area (Å²) in [6, 6.07) is 31.0. The summed E-state index contributed by atoms with van der Waals surface area (Å²) < 4.78 is 19.0. The lowest BCUT2D eigenvalue weighted by Gasteiger charge is -2.38. The van der Waals surface area contributed by atoms with Gasteiger partial charge in [-0.3, -0.25) is 19.3 Å². The Morgan fingerprint density at radius 2 is 1.55 bits per heavy atom. The van der Waals surface area contributed by atoms with Gasteiger partial charge in [0.2, 0.25) is 11.8 Å². The lowest BCUT2D eigenvalue weighted by molar-refractivity contribution is -0.253. The molecule has 0 bridgehead atoms. The van der Waals surface area contributed by atoms with E-state index in [1.54, 1.807) is 12.1 Å². The van der Waals surface area contributed by atoms with Gasteiger partial charge in [-0.05, 0) is 99.0 Å². The van der Waals surface area contributed by atoms with E-state index in [0.717, 1.165) is 59.2 Å². The van der Waals surface area contributed by atoms with Crippen LogP contribution in [0, 0.1) is 0 Å². The number of carbonyl (C=O) groups is 3. The molecule has 4 aromatic rings. The quantitative estimate of drug-likeness (QED) is 0.0503. The molecule has 2 aliphatic rings. The largest absolute Gasteiger partial charge is 0.459 e. The summed E-state index contributed by atoms with van der Waals surface area (Å²) in [5.74, 6) is -0.289. The third-order valence-electron chi connectivity index (χ3n) is 10.6. The molecular weight excluding hydrogens is 733 g/mol. The number of nitrogens with zero attached hydrogens (tertiary/aromatic N) is 1. The van der Waals surface area contributed by atoms with Gasteiger partial charge < -0.3 is 35.7 Å². The molecule has 2 fully saturated rings. The Balaban J connectivity index is 1.03. The van der Waals surface area contributed by atoms with Crippen molar-refractivity contribution >= 4 is 29.2 Å². The molecule has 2 aliphatic heterocycles. The summed E-state index contributed by atoms with van der Waals surface area (Å²) in [5.41, 5.74) is 12.3. The van der Waals surface area contributed by atoms with Crippen LogP contribution in [0.5, 0.6) is 0 Å². The molecule has 0 aromatic heterocycles. The molecule has 2 heterocycles. The minimum Gasteiger partial charge on any atom is -0.459 e. The monoisotopic (exact) mass is 790 g/mol. The van der Waals surface area contributed by atoms with E-state index < -0.39 is 11.9 Å². The van der Waals surface area contributed by atoms with Crippen molar-refractivity contribution in [2.45, 2.75) is 115 Å². The van der Waals surface area contributed by atoms with Crippen molar-refractivity contribution in [3.8, 4) is 11.1 Å². The number of aliphatic hydroxyl groups excluding tert-OH is 1. The highest BCUT2D eigenvalue weighted by atomic mass is 16.7. The molecular formula is C47H58N4O7. The van der Waals surface area contributed by atoms with Gasteiger partial charge in [-0.2, -0.15) is 0 Å². The molecule has 11 nitrogen and oxygen atoms in total. The van der Waals surface area contributed by atoms with E-state index in [1.807, 2.05) is 81.4 Å². The van der Waals surface area contributed by atoms with Crippen LogP contribution in [0.25, 0.3) is 11.1 Å². The first-order valence-electron chi connectivity index (χ1n) is 20.5. The lowest BCUT2D eigenvalue weighted by atomic mass is 9.98. The van der Waals surface area contributed by atoms with Gasteiger partial charge in [-0.25, -0.2) is 0 Å². The maximum Gasteiger partial charge on any atom is 0.323 e. The molecule has 6 rings (SSSR count). The highest BCUT2D eigenvalue weighted by molar-refractivity contribution is 5.93. The maximum absolute atomic E-state index is 13.1. The average Bonchev–Trinajstić information content (AvgIpc) is 3.68. The predicted molar refractivity (Wildman–Crippen MR) is 225 cm³/mol. The van der Waals surface area contributed by atoms with Gasteiger partial charge in [0.25, 0.3) is 0 Å². The number of unbranched alkanes of at least 4 members (excludes halogenated alkanes) is 2. The molecule has 2 saturated heterocycles. The molecule has 58 heavy (non-hydrogen) atoms. The van der Waals surface area contributed by atoms with Crippen LogP contribution in [0.4, 0.5) is 11.4 Å². The number of rotatable bonds is 16. The van der Waals surface area contributed by atoms with E-state index in [2.05, 4.69) is 39.8 Å². The van der Waals surface area contributed by atoms with Gasteiger partial charge >= 0.3 is 5.97 Å². The smallest absolute Gasteiger partial charge is 0.323 e. The van der Waals surface area contributed by atoms with E-state index >= 15 is 0 Å². The number of nitrogens with one attached hydrogen (secondary N) is 2. The summed E-state index contributed by atoms with van der Waals surface area (Å²) in [7, 11) is 0. The van der Waals surface area contributed by atoms with Crippen LogP contribution in [-0.2, 0) is 41.7 Å². The van der Waals surface area contributed by atoms with E-state index in [0.29, 0.717) is 56.6 Å². The van der Waals surface area contributed by atoms with E-state index in [4.69, 9.17) is 19.9 Å². The van der Waals surface area contributed by atoms with Gasteiger partial charge in [0.05, 0.1) is 30.2 Å². The van der Waals surface area contributed by atoms with Gasteiger partial charge in [0.1, 0.15) is 11.6 Å². The van der Waals surface area contributed by atoms with Gasteiger partial charge in [-0.15, -0.1) is 0 Å². The molecule has 4 atom stereocenters. The molecule has 0 unspecified atom stereocenters. The van der Waals surface area contributed by atoms with Crippen molar-refractivity contribution in [1.82, 2.24) is 10.2 Å². The molecule has 0 aliphatic carbocycles. The standard InChI is InChI=1S/C47H58N4O7/c1-47(2,3)58-45(55)41-15-10-26-51(41)30-38-28-42(35-20-18-32(31-52)19-21-35)57-46(56-38)36-24-22-34(23-25-36)37-12-9-11-33(27-37)29-49-43(53)16-5-4-6-17-44(54)50-40-14-8-7-13-39(40)48/h7-9,11-14,18-25,27,38,41-42,46,52H,4-6,10,15-17,26,28-31,48H2,1-3H3,(H,49,53)(H,50,54)/t38-,41-,42+,46+/m0/s1. The zero-order chi connectivity index (χ0) is 41.1. The minimum absolute atomic E-state index is 0.0187. The number of nitrogen functional groups attached to an aromatic ring is 1. The fourth-order valence-corrected chi connectivity index (χ4v) is 7.53. The molecule has 11 heteroatoms. The second kappa shape index (κ2) is 20.1. The van der Waals surface area contributed by atoms with Crippen molar-refractivity contribution < 1.29 is 33.7 Å². The highest BCUT2D eigenvalue weighted by Gasteiger charge is 2.39. The van der Waals surface area contributed by atoms with E-state index in [9.17, 15) is 19.5 Å². The minimum atomic E-state index is -0.620. The average molecular weight is 791 g/mol. The van der Waals surface area contributed by atoms with Crippen LogP contribution in [0.2, 0.25) is 0 Å². The first-order chi connectivity index (χ1) is 27.9. The first kappa shape index (κ1) is 42.5. The third-order valence-corrected chi connectivity index (χ3v) is 10.6. The van der Waals surface area contributed by atoms with Crippen LogP contribution >= 0.6 is 0 Å². The third kappa shape index (κ3) is 12.2. The van der Waals surface area contributed by atoms with E-state index in [1.165, 1.54) is 0 Å². The number of anilines is 2. The number of amides is 2. The van der Waals surface area contributed by atoms with Crippen molar-refractivity contribution in [3.63, 3.8) is 0 Å². The summed E-state index contributed by atoms with van der Waals surface area (Å²) in [6.07, 6.45) is 4.21. The highest BCUT2D eigenvalue weighted by Crippen LogP contribution is 2.39. The molecule has 2 amide bonds. The Kier molecular flexibility index (Phi) is 14.7. The number of hydrogen-bond acceptors (Lipinski definition) is 9. The number of benzene rings is 4. The topological polar surface area (TPSA) is 152 Å². The molecule has 0 spiro atoms. The Morgan fingerprint density at radius 1 is 0.828 bits per heavy atom. The normalized spacial score (nSPS) is 19.7. The van der Waals surface area contributed by atoms with Crippen LogP contribution in [-0.4, -0.2) is 58.6 Å². The number of ether oxygens (including phenoxy) is 3. The van der Waals surface area contributed by atoms with Gasteiger partial charge in [0, 0.05) is 37.9 Å². The number of para-hydroxylation sites is 2. The molecule has 308 valence electrons. The Morgan fingerprint density at radius 3 is 2.28 bits per heavy atom. The van der Waals surface area contributed by atoms with Crippen molar-refractivity contribution in [2.24, 2.45) is 0 Å². The lowest BCUT2D eigenvalue weighted by Crippen LogP contribution is -2.45. The summed E-state index contributed by atoms with van der Waals surface area (Å²) in [6.45, 7) is 7.47. The molecule has 4 aromatic carbocycles. The SMILES string of the molecule is CC(C)(C)OC(=O)[C@@H]1CCCN1C[C@@H]1C[C@H](c2ccc(CO)cc2)O[C@H](c2ccc(-c3cccc(CNC(=O)CCCCCC(=O)Nc4ccccc4N)c3)cc2)O1. The molecule has 5 N–H and O–H groups in total. The number of aliphatic hydroxyl groups is 1. The van der Waals surface area contributed by atoms with E-state index in [-0.39, 0.29) is 42.6 Å². The fourth-order valence-electron chi connectivity index (χ4n) is 7.53. The van der Waals surface area contributed by atoms with Crippen LogP contribution in [0.1, 0.15) is 107 Å². The van der Waals surface area contributed by atoms with Crippen molar-refractivity contribution in [3.05, 3.63) is 119 Å². The Hall–Kier alpha value is -5.07. The Bertz CT molecular complexity index is 1980. The van der Waals surface area contributed by atoms with Crippen molar-refractivity contribution in [1.29, 1.82) is 0 Å². The number of likely N-dealkylation sites (tertiary alicyclic amines) is 1. The van der Waals surface area contributed by atoms with Gasteiger partial charge in [0.15, 0.2) is 6.29 Å². The van der Waals surface area contributed by atoms with Crippen LogP contribution < -0.4 is 16.4 Å². The zero-order valence-corrected chi connectivity index (χ0v) is 34.0. The number of carbonyl (C=O) groups excluding carboxylic acids is 3. The molecule has 0 saturated carbocycles. The second-order valence-corrected chi connectivity index (χ2v) is 16.3. The predicted octanol–water partition coefficient (Wildman–Crippen LogP) is 7.99. The van der Waals surface area contributed by atoms with Crippen LogP contribution in [0.3, 0.4) is 0 Å². The van der Waals surface area contributed by atoms with Crippen molar-refractivity contribution in [2.75, 3.05) is 24.1 Å².